The molecular weight excluding hydrogens is 223 g/mol. The van der Waals surface area contributed by atoms with Crippen molar-refractivity contribution in [3.8, 4) is 5.75 Å². The highest BCUT2D eigenvalue weighted by atomic mass is 16.5. The van der Waals surface area contributed by atoms with Crippen molar-refractivity contribution in [2.45, 2.75) is 6.92 Å². The third kappa shape index (κ3) is 2.02. The maximum Gasteiger partial charge on any atom is 0.365 e. The number of ether oxygens (including phenoxy) is 1. The van der Waals surface area contributed by atoms with Crippen molar-refractivity contribution >= 4 is 17.8 Å². The molecule has 0 saturated carbocycles. The Morgan fingerprint density at radius 2 is 1.61 bits per heavy atom. The summed E-state index contributed by atoms with van der Waals surface area (Å²) in [7, 11) is 0. The van der Waals surface area contributed by atoms with Crippen LogP contribution in [0, 0.1) is 6.92 Å². The van der Waals surface area contributed by atoms with Gasteiger partial charge in [-0.05, 0) is 23.9 Å². The Morgan fingerprint density at radius 1 is 0.889 bits per heavy atom. The number of aryl methyl sites for hydroxylation is 1. The van der Waals surface area contributed by atoms with Gasteiger partial charge in [0.25, 0.3) is 0 Å². The predicted octanol–water partition coefficient (Wildman–Crippen LogP) is 1.51. The van der Waals surface area contributed by atoms with Gasteiger partial charge in [0, 0.05) is 0 Å². The van der Waals surface area contributed by atoms with Gasteiger partial charge in [-0.25, -0.2) is 0 Å². The standard InChI is InChI=1S/C15H15BO2/c1-12-6-2-3-7-13(12)16-14-8-4-5-9-15(14)17-10-11-18-16/h2-9H,10-11H2,1H3. The predicted molar refractivity (Wildman–Crippen MR) is 74.1 cm³/mol. The Morgan fingerprint density at radius 3 is 2.44 bits per heavy atom. The second kappa shape index (κ2) is 4.87. The molecule has 0 aliphatic carbocycles. The van der Waals surface area contributed by atoms with Crippen molar-refractivity contribution in [1.29, 1.82) is 0 Å². The lowest BCUT2D eigenvalue weighted by Gasteiger charge is -2.15. The molecule has 18 heavy (non-hydrogen) atoms. The van der Waals surface area contributed by atoms with Crippen LogP contribution in [0.2, 0.25) is 0 Å². The number of benzene rings is 2. The lowest BCUT2D eigenvalue weighted by molar-refractivity contribution is 0.233. The molecule has 1 aliphatic rings. The average Bonchev–Trinajstić information content (AvgIpc) is 2.62. The number of hydrogen-bond donors (Lipinski definition) is 0. The van der Waals surface area contributed by atoms with E-state index in [1.807, 2.05) is 18.2 Å². The molecule has 90 valence electrons. The van der Waals surface area contributed by atoms with E-state index in [1.54, 1.807) is 0 Å². The van der Waals surface area contributed by atoms with Crippen molar-refractivity contribution < 1.29 is 9.39 Å². The SMILES string of the molecule is Cc1ccccc1B1OCCOc2ccccc21. The summed E-state index contributed by atoms with van der Waals surface area (Å²) in [5.74, 6) is 0.934. The molecule has 3 rings (SSSR count). The van der Waals surface area contributed by atoms with E-state index in [2.05, 4.69) is 37.3 Å². The van der Waals surface area contributed by atoms with Crippen LogP contribution in [0.1, 0.15) is 5.56 Å². The van der Waals surface area contributed by atoms with Gasteiger partial charge in [-0.15, -0.1) is 0 Å². The van der Waals surface area contributed by atoms with Crippen LogP contribution >= 0.6 is 0 Å². The molecule has 3 heteroatoms. The zero-order valence-corrected chi connectivity index (χ0v) is 10.4. The van der Waals surface area contributed by atoms with Gasteiger partial charge >= 0.3 is 6.92 Å². The molecule has 0 radical (unpaired) electrons. The highest BCUT2D eigenvalue weighted by Crippen LogP contribution is 2.12. The van der Waals surface area contributed by atoms with Crippen LogP contribution in [0.3, 0.4) is 0 Å². The molecule has 0 amide bonds. The lowest BCUT2D eigenvalue weighted by Crippen LogP contribution is -2.45. The third-order valence-corrected chi connectivity index (χ3v) is 3.30. The summed E-state index contributed by atoms with van der Waals surface area (Å²) in [5, 5.41) is 0. The summed E-state index contributed by atoms with van der Waals surface area (Å²) in [6.45, 7) is 3.32. The maximum absolute atomic E-state index is 5.97. The average molecular weight is 238 g/mol. The molecule has 0 bridgehead atoms. The molecule has 0 saturated heterocycles. The van der Waals surface area contributed by atoms with Crippen LogP contribution < -0.4 is 15.7 Å². The quantitative estimate of drug-likeness (QED) is 0.701. The van der Waals surface area contributed by atoms with Crippen LogP contribution in [-0.2, 0) is 4.65 Å². The van der Waals surface area contributed by atoms with E-state index in [4.69, 9.17) is 9.39 Å². The van der Waals surface area contributed by atoms with Crippen molar-refractivity contribution in [2.75, 3.05) is 13.2 Å². The normalized spacial score (nSPS) is 14.6. The number of hydrogen-bond acceptors (Lipinski definition) is 2. The lowest BCUT2D eigenvalue weighted by atomic mass is 9.54. The van der Waals surface area contributed by atoms with Crippen molar-refractivity contribution in [3.63, 3.8) is 0 Å². The minimum Gasteiger partial charge on any atom is -0.492 e. The van der Waals surface area contributed by atoms with Crippen LogP contribution in [0.25, 0.3) is 0 Å². The van der Waals surface area contributed by atoms with Gasteiger partial charge in [0.15, 0.2) is 0 Å². The molecule has 0 fully saturated rings. The first-order valence-corrected chi connectivity index (χ1v) is 6.25. The van der Waals surface area contributed by atoms with Crippen molar-refractivity contribution in [2.24, 2.45) is 0 Å². The Kier molecular flexibility index (Phi) is 3.07. The molecule has 0 aromatic heterocycles. The minimum absolute atomic E-state index is 0.0232. The second-order valence-corrected chi connectivity index (χ2v) is 4.49. The Hall–Kier alpha value is -1.74. The fraction of sp³-hybridized carbons (Fsp3) is 0.200. The van der Waals surface area contributed by atoms with E-state index in [0.29, 0.717) is 13.2 Å². The van der Waals surface area contributed by atoms with Gasteiger partial charge in [0.05, 0.1) is 6.61 Å². The summed E-state index contributed by atoms with van der Waals surface area (Å²) in [5.41, 5.74) is 3.58. The fourth-order valence-electron chi connectivity index (χ4n) is 2.37. The molecule has 1 heterocycles. The van der Waals surface area contributed by atoms with E-state index in [9.17, 15) is 0 Å². The number of para-hydroxylation sites is 1. The summed E-state index contributed by atoms with van der Waals surface area (Å²) < 4.78 is 11.7. The first-order chi connectivity index (χ1) is 8.86. The molecular formula is C15H15BO2. The van der Waals surface area contributed by atoms with Crippen LogP contribution in [0.5, 0.6) is 5.75 Å². The number of fused-ring (bicyclic) bond motifs is 1. The molecule has 2 nitrogen and oxygen atoms in total. The third-order valence-electron chi connectivity index (χ3n) is 3.30. The van der Waals surface area contributed by atoms with Gasteiger partial charge in [0.2, 0.25) is 0 Å². The Balaban J connectivity index is 2.10. The molecule has 0 unspecified atom stereocenters. The molecule has 0 spiro atoms. The highest BCUT2D eigenvalue weighted by Gasteiger charge is 2.28. The molecule has 0 atom stereocenters. The molecule has 2 aromatic carbocycles. The van der Waals surface area contributed by atoms with Gasteiger partial charge < -0.3 is 9.39 Å². The zero-order chi connectivity index (χ0) is 12.4. The second-order valence-electron chi connectivity index (χ2n) is 4.49. The van der Waals surface area contributed by atoms with E-state index in [0.717, 1.165) is 11.2 Å². The van der Waals surface area contributed by atoms with Gasteiger partial charge in [-0.2, -0.15) is 0 Å². The Bertz CT molecular complexity index is 554. The van der Waals surface area contributed by atoms with Gasteiger partial charge in [0.1, 0.15) is 12.4 Å². The summed E-state index contributed by atoms with van der Waals surface area (Å²) >= 11 is 0. The van der Waals surface area contributed by atoms with Crippen LogP contribution in [0.4, 0.5) is 0 Å². The van der Waals surface area contributed by atoms with Gasteiger partial charge in [-0.3, -0.25) is 0 Å². The maximum atomic E-state index is 5.97. The van der Waals surface area contributed by atoms with Crippen molar-refractivity contribution in [3.05, 3.63) is 54.1 Å². The first-order valence-electron chi connectivity index (χ1n) is 6.25. The summed E-state index contributed by atoms with van der Waals surface area (Å²) in [6.07, 6.45) is 0. The first kappa shape index (κ1) is 11.4. The van der Waals surface area contributed by atoms with Crippen LogP contribution in [-0.4, -0.2) is 20.1 Å². The number of rotatable bonds is 1. The molecule has 2 aromatic rings. The van der Waals surface area contributed by atoms with Crippen molar-refractivity contribution in [1.82, 2.24) is 0 Å². The van der Waals surface area contributed by atoms with E-state index in [1.165, 1.54) is 11.0 Å². The van der Waals surface area contributed by atoms with E-state index >= 15 is 0 Å². The van der Waals surface area contributed by atoms with Crippen LogP contribution in [0.15, 0.2) is 48.5 Å². The topological polar surface area (TPSA) is 18.5 Å². The van der Waals surface area contributed by atoms with E-state index in [-0.39, 0.29) is 6.92 Å². The molecule has 1 aliphatic heterocycles. The fourth-order valence-corrected chi connectivity index (χ4v) is 2.37. The minimum atomic E-state index is -0.0232. The summed E-state index contributed by atoms with van der Waals surface area (Å²) in [6, 6.07) is 16.5. The monoisotopic (exact) mass is 238 g/mol. The zero-order valence-electron chi connectivity index (χ0n) is 10.4. The molecule has 0 N–H and O–H groups in total. The smallest absolute Gasteiger partial charge is 0.365 e. The summed E-state index contributed by atoms with van der Waals surface area (Å²) in [4.78, 5) is 0. The van der Waals surface area contributed by atoms with Gasteiger partial charge in [-0.1, -0.05) is 48.0 Å². The van der Waals surface area contributed by atoms with E-state index < -0.39 is 0 Å². The highest BCUT2D eigenvalue weighted by molar-refractivity contribution is 6.81. The largest absolute Gasteiger partial charge is 0.492 e. The Labute approximate surface area is 108 Å².